The van der Waals surface area contributed by atoms with E-state index in [1.54, 1.807) is 4.90 Å². The molecule has 54 valence electrons. The third-order valence-corrected chi connectivity index (χ3v) is 1.70. The fraction of sp³-hybridized carbons (Fsp3) is 1.00. The monoisotopic (exact) mass is 135 g/mol. The zero-order valence-electron chi connectivity index (χ0n) is 5.48. The highest BCUT2D eigenvalue weighted by atomic mass is 19.2. The molecule has 0 amide bonds. The molecule has 1 heterocycles. The standard InChI is InChI=1S/C6H11F2N/c1-2-9-3-5(7)6(8)4-9/h5-6H,2-4H2,1H3/t5-,6-/m1/s1. The number of hydrogen-bond acceptors (Lipinski definition) is 1. The van der Waals surface area contributed by atoms with E-state index in [0.29, 0.717) is 0 Å². The minimum absolute atomic E-state index is 0.275. The average molecular weight is 135 g/mol. The summed E-state index contributed by atoms with van der Waals surface area (Å²) in [5.41, 5.74) is 0. The molecule has 0 aromatic carbocycles. The van der Waals surface area contributed by atoms with Crippen molar-refractivity contribution < 1.29 is 8.78 Å². The molecule has 0 spiro atoms. The van der Waals surface area contributed by atoms with Gasteiger partial charge in [0.25, 0.3) is 0 Å². The first-order valence-electron chi connectivity index (χ1n) is 3.24. The van der Waals surface area contributed by atoms with Crippen molar-refractivity contribution in [1.29, 1.82) is 0 Å². The van der Waals surface area contributed by atoms with Crippen LogP contribution < -0.4 is 0 Å². The molecule has 0 aromatic heterocycles. The van der Waals surface area contributed by atoms with Gasteiger partial charge in [0.15, 0.2) is 0 Å². The van der Waals surface area contributed by atoms with Crippen LogP contribution in [0.3, 0.4) is 0 Å². The van der Waals surface area contributed by atoms with Gasteiger partial charge in [0.1, 0.15) is 12.3 Å². The summed E-state index contributed by atoms with van der Waals surface area (Å²) in [7, 11) is 0. The Labute approximate surface area is 53.6 Å². The SMILES string of the molecule is CCN1C[C@@H](F)[C@H](F)C1. The second kappa shape index (κ2) is 2.60. The van der Waals surface area contributed by atoms with Crippen LogP contribution in [0.25, 0.3) is 0 Å². The molecule has 0 saturated carbocycles. The number of rotatable bonds is 1. The van der Waals surface area contributed by atoms with Crippen LogP contribution in [0.5, 0.6) is 0 Å². The van der Waals surface area contributed by atoms with E-state index in [-0.39, 0.29) is 13.1 Å². The Kier molecular flexibility index (Phi) is 2.01. The van der Waals surface area contributed by atoms with Gasteiger partial charge in [-0.15, -0.1) is 0 Å². The third kappa shape index (κ3) is 1.39. The zero-order chi connectivity index (χ0) is 6.85. The van der Waals surface area contributed by atoms with Gasteiger partial charge in [0, 0.05) is 13.1 Å². The lowest BCUT2D eigenvalue weighted by Crippen LogP contribution is -2.20. The summed E-state index contributed by atoms with van der Waals surface area (Å²) in [5.74, 6) is 0. The lowest BCUT2D eigenvalue weighted by Gasteiger charge is -2.08. The predicted octanol–water partition coefficient (Wildman–Crippen LogP) is 0.998. The summed E-state index contributed by atoms with van der Waals surface area (Å²) in [6.07, 6.45) is -2.49. The highest BCUT2D eigenvalue weighted by molar-refractivity contribution is 4.82. The van der Waals surface area contributed by atoms with Gasteiger partial charge in [-0.1, -0.05) is 6.92 Å². The Morgan fingerprint density at radius 1 is 1.33 bits per heavy atom. The smallest absolute Gasteiger partial charge is 0.145 e. The molecular weight excluding hydrogens is 124 g/mol. The predicted molar refractivity (Wildman–Crippen MR) is 31.9 cm³/mol. The number of alkyl halides is 2. The Morgan fingerprint density at radius 2 is 1.78 bits per heavy atom. The Balaban J connectivity index is 2.35. The van der Waals surface area contributed by atoms with Crippen molar-refractivity contribution in [2.45, 2.75) is 19.3 Å². The van der Waals surface area contributed by atoms with Gasteiger partial charge < -0.3 is 0 Å². The van der Waals surface area contributed by atoms with E-state index in [9.17, 15) is 8.78 Å². The number of hydrogen-bond donors (Lipinski definition) is 0. The summed E-state index contributed by atoms with van der Waals surface area (Å²) >= 11 is 0. The van der Waals surface area contributed by atoms with Gasteiger partial charge in [0.2, 0.25) is 0 Å². The first kappa shape index (κ1) is 6.93. The van der Waals surface area contributed by atoms with E-state index >= 15 is 0 Å². The van der Waals surface area contributed by atoms with Crippen LogP contribution >= 0.6 is 0 Å². The maximum Gasteiger partial charge on any atom is 0.145 e. The quantitative estimate of drug-likeness (QED) is 0.518. The van der Waals surface area contributed by atoms with Crippen molar-refractivity contribution in [3.8, 4) is 0 Å². The Hall–Kier alpha value is -0.180. The molecule has 0 N–H and O–H groups in total. The van der Waals surface area contributed by atoms with Crippen molar-refractivity contribution in [1.82, 2.24) is 4.90 Å². The van der Waals surface area contributed by atoms with Crippen molar-refractivity contribution in [3.63, 3.8) is 0 Å². The van der Waals surface area contributed by atoms with Crippen molar-refractivity contribution >= 4 is 0 Å². The lowest BCUT2D eigenvalue weighted by molar-refractivity contribution is 0.217. The van der Waals surface area contributed by atoms with Gasteiger partial charge in [0.05, 0.1) is 0 Å². The minimum Gasteiger partial charge on any atom is -0.298 e. The molecule has 1 saturated heterocycles. The fourth-order valence-corrected chi connectivity index (χ4v) is 1.05. The van der Waals surface area contributed by atoms with Crippen LogP contribution in [0.1, 0.15) is 6.92 Å². The molecule has 0 aromatic rings. The van der Waals surface area contributed by atoms with Crippen molar-refractivity contribution in [2.24, 2.45) is 0 Å². The average Bonchev–Trinajstić information content (AvgIpc) is 2.13. The number of nitrogens with zero attached hydrogens (tertiary/aromatic N) is 1. The summed E-state index contributed by atoms with van der Waals surface area (Å²) in [6.45, 7) is 3.21. The second-order valence-electron chi connectivity index (χ2n) is 2.38. The molecule has 0 radical (unpaired) electrons. The molecule has 0 bridgehead atoms. The summed E-state index contributed by atoms with van der Waals surface area (Å²) in [5, 5.41) is 0. The van der Waals surface area contributed by atoms with E-state index in [0.717, 1.165) is 6.54 Å². The fourth-order valence-electron chi connectivity index (χ4n) is 1.05. The van der Waals surface area contributed by atoms with Gasteiger partial charge in [-0.05, 0) is 6.54 Å². The van der Waals surface area contributed by atoms with Gasteiger partial charge in [-0.2, -0.15) is 0 Å². The van der Waals surface area contributed by atoms with E-state index in [1.165, 1.54) is 0 Å². The summed E-state index contributed by atoms with van der Waals surface area (Å²) in [6, 6.07) is 0. The number of likely N-dealkylation sites (tertiary alicyclic amines) is 1. The maximum atomic E-state index is 12.3. The molecule has 3 heteroatoms. The first-order valence-corrected chi connectivity index (χ1v) is 3.24. The van der Waals surface area contributed by atoms with Crippen LogP contribution in [-0.4, -0.2) is 36.9 Å². The Morgan fingerprint density at radius 3 is 2.00 bits per heavy atom. The minimum atomic E-state index is -1.25. The normalized spacial score (nSPS) is 37.7. The molecule has 0 unspecified atom stereocenters. The maximum absolute atomic E-state index is 12.3. The van der Waals surface area contributed by atoms with Crippen LogP contribution in [-0.2, 0) is 0 Å². The van der Waals surface area contributed by atoms with Crippen molar-refractivity contribution in [3.05, 3.63) is 0 Å². The summed E-state index contributed by atoms with van der Waals surface area (Å²) in [4.78, 5) is 1.77. The Bertz CT molecular complexity index is 87.1. The molecule has 9 heavy (non-hydrogen) atoms. The molecule has 1 fully saturated rings. The first-order chi connectivity index (χ1) is 4.24. The zero-order valence-corrected chi connectivity index (χ0v) is 5.48. The van der Waals surface area contributed by atoms with Gasteiger partial charge in [-0.3, -0.25) is 4.90 Å². The molecule has 1 rings (SSSR count). The van der Waals surface area contributed by atoms with E-state index < -0.39 is 12.3 Å². The van der Waals surface area contributed by atoms with Crippen LogP contribution in [0.2, 0.25) is 0 Å². The van der Waals surface area contributed by atoms with E-state index in [2.05, 4.69) is 0 Å². The molecular formula is C6H11F2N. The second-order valence-corrected chi connectivity index (χ2v) is 2.38. The van der Waals surface area contributed by atoms with E-state index in [4.69, 9.17) is 0 Å². The molecule has 1 nitrogen and oxygen atoms in total. The van der Waals surface area contributed by atoms with E-state index in [1.807, 2.05) is 6.92 Å². The topological polar surface area (TPSA) is 3.24 Å². The molecule has 1 aliphatic rings. The molecule has 0 aliphatic carbocycles. The largest absolute Gasteiger partial charge is 0.298 e. The highest BCUT2D eigenvalue weighted by Gasteiger charge is 2.31. The van der Waals surface area contributed by atoms with Crippen LogP contribution in [0.15, 0.2) is 0 Å². The van der Waals surface area contributed by atoms with Crippen LogP contribution in [0, 0.1) is 0 Å². The highest BCUT2D eigenvalue weighted by Crippen LogP contribution is 2.15. The third-order valence-electron chi connectivity index (χ3n) is 1.70. The van der Waals surface area contributed by atoms with Crippen molar-refractivity contribution in [2.75, 3.05) is 19.6 Å². The lowest BCUT2D eigenvalue weighted by atomic mass is 10.3. The van der Waals surface area contributed by atoms with Gasteiger partial charge in [-0.25, -0.2) is 8.78 Å². The molecule has 1 aliphatic heterocycles. The molecule has 2 atom stereocenters. The van der Waals surface area contributed by atoms with Gasteiger partial charge >= 0.3 is 0 Å². The number of halogens is 2. The van der Waals surface area contributed by atoms with Crippen LogP contribution in [0.4, 0.5) is 8.78 Å². The summed E-state index contributed by atoms with van der Waals surface area (Å²) < 4.78 is 24.7.